The minimum Gasteiger partial charge on any atom is -0.497 e. The summed E-state index contributed by atoms with van der Waals surface area (Å²) in [7, 11) is 1.70. The van der Waals surface area contributed by atoms with E-state index in [0.29, 0.717) is 18.3 Å². The molecule has 0 spiro atoms. The van der Waals surface area contributed by atoms with E-state index in [4.69, 9.17) is 9.26 Å². The van der Waals surface area contributed by atoms with Crippen LogP contribution >= 0.6 is 0 Å². The summed E-state index contributed by atoms with van der Waals surface area (Å²) < 4.78 is 10.5. The zero-order valence-electron chi connectivity index (χ0n) is 11.2. The zero-order valence-corrected chi connectivity index (χ0v) is 11.2. The third-order valence-electron chi connectivity index (χ3n) is 3.40. The fourth-order valence-corrected chi connectivity index (χ4v) is 2.51. The Kier molecular flexibility index (Phi) is 3.11. The Morgan fingerprint density at radius 1 is 1.42 bits per heavy atom. The molecule has 0 N–H and O–H groups in total. The molecule has 0 saturated heterocycles. The van der Waals surface area contributed by atoms with Crippen LogP contribution in [0.5, 0.6) is 5.75 Å². The van der Waals surface area contributed by atoms with Gasteiger partial charge in [-0.2, -0.15) is 4.98 Å². The van der Waals surface area contributed by atoms with E-state index in [0.717, 1.165) is 25.1 Å². The molecule has 0 amide bonds. The van der Waals surface area contributed by atoms with Gasteiger partial charge in [0, 0.05) is 12.2 Å². The van der Waals surface area contributed by atoms with Gasteiger partial charge in [-0.3, -0.25) is 0 Å². The van der Waals surface area contributed by atoms with Crippen LogP contribution in [-0.4, -0.2) is 23.8 Å². The number of rotatable bonds is 3. The van der Waals surface area contributed by atoms with Crippen molar-refractivity contribution in [3.05, 3.63) is 35.5 Å². The van der Waals surface area contributed by atoms with Crippen molar-refractivity contribution in [1.29, 1.82) is 0 Å². The lowest BCUT2D eigenvalue weighted by molar-refractivity contribution is 0.371. The Morgan fingerprint density at radius 3 is 3.05 bits per heavy atom. The highest BCUT2D eigenvalue weighted by Gasteiger charge is 2.19. The van der Waals surface area contributed by atoms with Gasteiger partial charge in [0.1, 0.15) is 5.75 Å². The summed E-state index contributed by atoms with van der Waals surface area (Å²) in [5, 5.41) is 3.83. The second-order valence-electron chi connectivity index (χ2n) is 4.76. The van der Waals surface area contributed by atoms with Crippen LogP contribution in [0.3, 0.4) is 0 Å². The molecule has 19 heavy (non-hydrogen) atoms. The smallest absolute Gasteiger partial charge is 0.246 e. The number of methoxy groups -OCH3 is 1. The summed E-state index contributed by atoms with van der Waals surface area (Å²) >= 11 is 0. The van der Waals surface area contributed by atoms with Crippen molar-refractivity contribution in [2.45, 2.75) is 26.3 Å². The van der Waals surface area contributed by atoms with E-state index in [-0.39, 0.29) is 0 Å². The fourth-order valence-electron chi connectivity index (χ4n) is 2.51. The van der Waals surface area contributed by atoms with Gasteiger partial charge < -0.3 is 14.2 Å². The predicted molar refractivity (Wildman–Crippen MR) is 71.4 cm³/mol. The van der Waals surface area contributed by atoms with E-state index in [1.165, 1.54) is 11.3 Å². The van der Waals surface area contributed by atoms with Crippen molar-refractivity contribution in [2.75, 3.05) is 18.6 Å². The van der Waals surface area contributed by atoms with Crippen LogP contribution in [0.1, 0.15) is 23.7 Å². The Morgan fingerprint density at radius 2 is 2.32 bits per heavy atom. The SMILES string of the molecule is COc1ccc2c(c1)CCCN2Cc1nc(C)no1. The Bertz CT molecular complexity index is 580. The van der Waals surface area contributed by atoms with Gasteiger partial charge in [0.25, 0.3) is 0 Å². The highest BCUT2D eigenvalue weighted by atomic mass is 16.5. The van der Waals surface area contributed by atoms with Crippen LogP contribution in [0.4, 0.5) is 5.69 Å². The van der Waals surface area contributed by atoms with Gasteiger partial charge in [-0.05, 0) is 43.5 Å². The standard InChI is InChI=1S/C14H17N3O2/c1-10-15-14(19-16-10)9-17-7-3-4-11-8-12(18-2)5-6-13(11)17/h5-6,8H,3-4,7,9H2,1-2H3. The first-order chi connectivity index (χ1) is 9.26. The average molecular weight is 259 g/mol. The lowest BCUT2D eigenvalue weighted by atomic mass is 10.0. The van der Waals surface area contributed by atoms with Crippen LogP contribution in [0.15, 0.2) is 22.7 Å². The summed E-state index contributed by atoms with van der Waals surface area (Å²) in [6, 6.07) is 6.22. The summed E-state index contributed by atoms with van der Waals surface area (Å²) in [6.45, 7) is 3.52. The normalized spacial score (nSPS) is 14.3. The van der Waals surface area contributed by atoms with Gasteiger partial charge in [0.15, 0.2) is 5.82 Å². The van der Waals surface area contributed by atoms with Crippen molar-refractivity contribution < 1.29 is 9.26 Å². The molecule has 2 aromatic rings. The van der Waals surface area contributed by atoms with Crippen LogP contribution in [0.2, 0.25) is 0 Å². The predicted octanol–water partition coefficient (Wildman–Crippen LogP) is 2.34. The van der Waals surface area contributed by atoms with Gasteiger partial charge in [-0.15, -0.1) is 0 Å². The van der Waals surface area contributed by atoms with Crippen molar-refractivity contribution >= 4 is 5.69 Å². The molecule has 0 radical (unpaired) electrons. The van der Waals surface area contributed by atoms with Crippen molar-refractivity contribution in [3.8, 4) is 5.75 Å². The maximum absolute atomic E-state index is 5.28. The second kappa shape index (κ2) is 4.91. The molecule has 0 bridgehead atoms. The third-order valence-corrected chi connectivity index (χ3v) is 3.40. The Balaban J connectivity index is 1.85. The number of aryl methyl sites for hydroxylation is 2. The highest BCUT2D eigenvalue weighted by molar-refractivity contribution is 5.57. The molecule has 1 aliphatic rings. The molecule has 5 heteroatoms. The Labute approximate surface area is 112 Å². The molecule has 0 aliphatic carbocycles. The molecule has 0 fully saturated rings. The first kappa shape index (κ1) is 12.0. The minimum absolute atomic E-state index is 0.667. The Hall–Kier alpha value is -2.04. The first-order valence-corrected chi connectivity index (χ1v) is 6.47. The van der Waals surface area contributed by atoms with E-state index in [2.05, 4.69) is 27.2 Å². The molecule has 100 valence electrons. The highest BCUT2D eigenvalue weighted by Crippen LogP contribution is 2.31. The number of hydrogen-bond acceptors (Lipinski definition) is 5. The van der Waals surface area contributed by atoms with Gasteiger partial charge in [0.2, 0.25) is 5.89 Å². The van der Waals surface area contributed by atoms with Crippen LogP contribution < -0.4 is 9.64 Å². The number of ether oxygens (including phenoxy) is 1. The summed E-state index contributed by atoms with van der Waals surface area (Å²) in [6.07, 6.45) is 2.22. The van der Waals surface area contributed by atoms with E-state index in [1.807, 2.05) is 13.0 Å². The number of aromatic nitrogens is 2. The number of nitrogens with zero attached hydrogens (tertiary/aromatic N) is 3. The molecule has 2 heterocycles. The number of fused-ring (bicyclic) bond motifs is 1. The van der Waals surface area contributed by atoms with Gasteiger partial charge >= 0.3 is 0 Å². The minimum atomic E-state index is 0.667. The fraction of sp³-hybridized carbons (Fsp3) is 0.429. The summed E-state index contributed by atoms with van der Waals surface area (Å²) in [5.41, 5.74) is 2.56. The molecule has 3 rings (SSSR count). The monoisotopic (exact) mass is 259 g/mol. The molecule has 0 atom stereocenters. The average Bonchev–Trinajstić information content (AvgIpc) is 2.84. The molecule has 5 nitrogen and oxygen atoms in total. The number of hydrogen-bond donors (Lipinski definition) is 0. The molecule has 1 aromatic heterocycles. The molecule has 0 unspecified atom stereocenters. The lowest BCUT2D eigenvalue weighted by Gasteiger charge is -2.30. The van der Waals surface area contributed by atoms with Crippen molar-refractivity contribution in [2.24, 2.45) is 0 Å². The van der Waals surface area contributed by atoms with Crippen molar-refractivity contribution in [1.82, 2.24) is 10.1 Å². The quantitative estimate of drug-likeness (QED) is 0.846. The van der Waals surface area contributed by atoms with E-state index < -0.39 is 0 Å². The molecule has 1 aliphatic heterocycles. The topological polar surface area (TPSA) is 51.4 Å². The third kappa shape index (κ3) is 2.41. The first-order valence-electron chi connectivity index (χ1n) is 6.47. The van der Waals surface area contributed by atoms with Crippen molar-refractivity contribution in [3.63, 3.8) is 0 Å². The molecule has 1 aromatic carbocycles. The molecular weight excluding hydrogens is 242 g/mol. The van der Waals surface area contributed by atoms with E-state index in [1.54, 1.807) is 7.11 Å². The van der Waals surface area contributed by atoms with Crippen LogP contribution in [0.25, 0.3) is 0 Å². The largest absolute Gasteiger partial charge is 0.497 e. The van der Waals surface area contributed by atoms with E-state index >= 15 is 0 Å². The number of anilines is 1. The van der Waals surface area contributed by atoms with Gasteiger partial charge in [-0.1, -0.05) is 5.16 Å². The van der Waals surface area contributed by atoms with E-state index in [9.17, 15) is 0 Å². The van der Waals surface area contributed by atoms with Gasteiger partial charge in [-0.25, -0.2) is 0 Å². The zero-order chi connectivity index (χ0) is 13.2. The van der Waals surface area contributed by atoms with Crippen LogP contribution in [-0.2, 0) is 13.0 Å². The maximum Gasteiger partial charge on any atom is 0.246 e. The lowest BCUT2D eigenvalue weighted by Crippen LogP contribution is -2.28. The molecule has 0 saturated carbocycles. The number of benzene rings is 1. The van der Waals surface area contributed by atoms with Crippen LogP contribution in [0, 0.1) is 6.92 Å². The molecular formula is C14H17N3O2. The van der Waals surface area contributed by atoms with Gasteiger partial charge in [0.05, 0.1) is 13.7 Å². The maximum atomic E-state index is 5.28. The summed E-state index contributed by atoms with van der Waals surface area (Å²) in [5.74, 6) is 2.26. The summed E-state index contributed by atoms with van der Waals surface area (Å²) in [4.78, 5) is 6.55. The second-order valence-corrected chi connectivity index (χ2v) is 4.76.